The fraction of sp³-hybridized carbons (Fsp3) is 0.875. The lowest BCUT2D eigenvalue weighted by Gasteiger charge is -2.01. The van der Waals surface area contributed by atoms with Gasteiger partial charge in [-0.3, -0.25) is 4.99 Å². The highest BCUT2D eigenvalue weighted by atomic mass is 14.8. The number of aliphatic imine (C=N–C) groups is 1. The van der Waals surface area contributed by atoms with Crippen LogP contribution in [-0.4, -0.2) is 18.4 Å². The van der Waals surface area contributed by atoms with E-state index in [2.05, 4.69) is 4.99 Å². The summed E-state index contributed by atoms with van der Waals surface area (Å²) in [5.41, 5.74) is 11.1. The zero-order chi connectivity index (χ0) is 8.69. The number of rotatable bonds is 5. The Morgan fingerprint density at radius 3 is 2.64 bits per heavy atom. The van der Waals surface area contributed by atoms with Gasteiger partial charge in [0.1, 0.15) is 0 Å². The van der Waals surface area contributed by atoms with Crippen LogP contribution in [-0.2, 0) is 0 Å². The van der Waals surface area contributed by atoms with Crippen molar-refractivity contribution in [2.75, 3.05) is 6.54 Å². The van der Waals surface area contributed by atoms with E-state index in [9.17, 15) is 0 Å². The Kier molecular flexibility index (Phi) is 5.84. The SMILES string of the molecule is CCC(N)=NCCCC(C)N. The molecule has 0 saturated heterocycles. The van der Waals surface area contributed by atoms with Crippen LogP contribution in [0.3, 0.4) is 0 Å². The zero-order valence-corrected chi connectivity index (χ0v) is 7.51. The van der Waals surface area contributed by atoms with E-state index in [1.807, 2.05) is 13.8 Å². The van der Waals surface area contributed by atoms with Gasteiger partial charge in [0, 0.05) is 19.0 Å². The van der Waals surface area contributed by atoms with E-state index in [0.29, 0.717) is 0 Å². The van der Waals surface area contributed by atoms with Gasteiger partial charge in [0.25, 0.3) is 0 Å². The Balaban J connectivity index is 3.26. The van der Waals surface area contributed by atoms with Crippen LogP contribution in [0.4, 0.5) is 0 Å². The van der Waals surface area contributed by atoms with Crippen molar-refractivity contribution in [1.29, 1.82) is 0 Å². The minimum Gasteiger partial charge on any atom is -0.387 e. The molecular formula is C8H19N3. The van der Waals surface area contributed by atoms with Crippen LogP contribution in [0, 0.1) is 0 Å². The number of nitrogens with zero attached hydrogens (tertiary/aromatic N) is 1. The zero-order valence-electron chi connectivity index (χ0n) is 7.51. The highest BCUT2D eigenvalue weighted by molar-refractivity contribution is 5.79. The first-order chi connectivity index (χ1) is 5.16. The fourth-order valence-electron chi connectivity index (χ4n) is 0.748. The van der Waals surface area contributed by atoms with Crippen LogP contribution >= 0.6 is 0 Å². The van der Waals surface area contributed by atoms with Gasteiger partial charge in [-0.25, -0.2) is 0 Å². The third kappa shape index (κ3) is 7.33. The second-order valence-corrected chi connectivity index (χ2v) is 2.85. The first kappa shape index (κ1) is 10.4. The number of nitrogens with two attached hydrogens (primary N) is 2. The Morgan fingerprint density at radius 1 is 1.55 bits per heavy atom. The van der Waals surface area contributed by atoms with E-state index < -0.39 is 0 Å². The van der Waals surface area contributed by atoms with Crippen LogP contribution in [0.2, 0.25) is 0 Å². The van der Waals surface area contributed by atoms with Crippen molar-refractivity contribution >= 4 is 5.84 Å². The summed E-state index contributed by atoms with van der Waals surface area (Å²) in [5.74, 6) is 0.745. The molecule has 0 aliphatic carbocycles. The van der Waals surface area contributed by atoms with Gasteiger partial charge in [0.15, 0.2) is 0 Å². The molecule has 0 rings (SSSR count). The van der Waals surface area contributed by atoms with Crippen LogP contribution in [0.1, 0.15) is 33.1 Å². The lowest BCUT2D eigenvalue weighted by molar-refractivity contribution is 0.631. The van der Waals surface area contributed by atoms with Crippen LogP contribution in [0.5, 0.6) is 0 Å². The summed E-state index contributed by atoms with van der Waals surface area (Å²) in [6, 6.07) is 0.285. The van der Waals surface area contributed by atoms with Crippen molar-refractivity contribution in [3.63, 3.8) is 0 Å². The average molecular weight is 157 g/mol. The van der Waals surface area contributed by atoms with Gasteiger partial charge in [-0.05, 0) is 19.8 Å². The van der Waals surface area contributed by atoms with Crippen molar-refractivity contribution in [3.05, 3.63) is 0 Å². The van der Waals surface area contributed by atoms with Crippen LogP contribution < -0.4 is 11.5 Å². The molecule has 3 heteroatoms. The summed E-state index contributed by atoms with van der Waals surface area (Å²) in [6.07, 6.45) is 2.91. The molecule has 0 heterocycles. The fourth-order valence-corrected chi connectivity index (χ4v) is 0.748. The van der Waals surface area contributed by atoms with Gasteiger partial charge in [-0.1, -0.05) is 6.92 Å². The van der Waals surface area contributed by atoms with Crippen molar-refractivity contribution in [3.8, 4) is 0 Å². The molecule has 0 fully saturated rings. The second kappa shape index (κ2) is 6.16. The highest BCUT2D eigenvalue weighted by Crippen LogP contribution is 1.93. The molecule has 0 aromatic carbocycles. The van der Waals surface area contributed by atoms with E-state index in [4.69, 9.17) is 11.5 Å². The topological polar surface area (TPSA) is 64.4 Å². The standard InChI is InChI=1S/C8H19N3/c1-3-8(10)11-6-4-5-7(2)9/h7H,3-6,9H2,1-2H3,(H2,10,11). The summed E-state index contributed by atoms with van der Waals surface area (Å²) in [5, 5.41) is 0. The summed E-state index contributed by atoms with van der Waals surface area (Å²) in [7, 11) is 0. The molecule has 66 valence electrons. The van der Waals surface area contributed by atoms with Gasteiger partial charge < -0.3 is 11.5 Å². The minimum atomic E-state index is 0.285. The predicted molar refractivity (Wildman–Crippen MR) is 49.7 cm³/mol. The number of hydrogen-bond acceptors (Lipinski definition) is 2. The highest BCUT2D eigenvalue weighted by Gasteiger charge is 1.92. The van der Waals surface area contributed by atoms with Crippen molar-refractivity contribution in [2.24, 2.45) is 16.5 Å². The molecule has 1 unspecified atom stereocenters. The molecule has 0 aliphatic rings. The molecule has 4 N–H and O–H groups in total. The molecule has 1 atom stereocenters. The molecule has 0 radical (unpaired) electrons. The van der Waals surface area contributed by atoms with Gasteiger partial charge in [-0.15, -0.1) is 0 Å². The third-order valence-corrected chi connectivity index (χ3v) is 1.49. The quantitative estimate of drug-likeness (QED) is 0.353. The molecular weight excluding hydrogens is 138 g/mol. The van der Waals surface area contributed by atoms with Crippen molar-refractivity contribution in [1.82, 2.24) is 0 Å². The van der Waals surface area contributed by atoms with Crippen LogP contribution in [0.25, 0.3) is 0 Å². The molecule has 0 amide bonds. The maximum absolute atomic E-state index is 5.56. The maximum Gasteiger partial charge on any atom is 0.0934 e. The van der Waals surface area contributed by atoms with Gasteiger partial charge in [0.05, 0.1) is 5.84 Å². The third-order valence-electron chi connectivity index (χ3n) is 1.49. The normalized spacial score (nSPS) is 15.0. The summed E-state index contributed by atoms with van der Waals surface area (Å²) >= 11 is 0. The lowest BCUT2D eigenvalue weighted by atomic mass is 10.2. The Labute approximate surface area is 68.9 Å². The molecule has 0 bridgehead atoms. The van der Waals surface area contributed by atoms with Crippen LogP contribution in [0.15, 0.2) is 4.99 Å². The molecule has 11 heavy (non-hydrogen) atoms. The summed E-state index contributed by atoms with van der Waals surface area (Å²) < 4.78 is 0. The molecule has 0 aromatic heterocycles. The van der Waals surface area contributed by atoms with E-state index in [1.54, 1.807) is 0 Å². The smallest absolute Gasteiger partial charge is 0.0934 e. The lowest BCUT2D eigenvalue weighted by Crippen LogP contribution is -2.15. The monoisotopic (exact) mass is 157 g/mol. The molecule has 0 aromatic rings. The molecule has 0 aliphatic heterocycles. The molecule has 3 nitrogen and oxygen atoms in total. The summed E-state index contributed by atoms with van der Waals surface area (Å²) in [6.45, 7) is 4.83. The van der Waals surface area contributed by atoms with Gasteiger partial charge >= 0.3 is 0 Å². The average Bonchev–Trinajstić information content (AvgIpc) is 1.97. The van der Waals surface area contributed by atoms with E-state index >= 15 is 0 Å². The molecule has 0 saturated carbocycles. The van der Waals surface area contributed by atoms with Crippen molar-refractivity contribution in [2.45, 2.75) is 39.2 Å². The summed E-state index contributed by atoms with van der Waals surface area (Å²) in [4.78, 5) is 4.15. The Hall–Kier alpha value is -0.570. The van der Waals surface area contributed by atoms with Gasteiger partial charge in [0.2, 0.25) is 0 Å². The van der Waals surface area contributed by atoms with Gasteiger partial charge in [-0.2, -0.15) is 0 Å². The van der Waals surface area contributed by atoms with E-state index in [1.165, 1.54) is 0 Å². The second-order valence-electron chi connectivity index (χ2n) is 2.85. The van der Waals surface area contributed by atoms with Crippen molar-refractivity contribution < 1.29 is 0 Å². The number of hydrogen-bond donors (Lipinski definition) is 2. The Bertz CT molecular complexity index is 119. The van der Waals surface area contributed by atoms with E-state index in [-0.39, 0.29) is 6.04 Å². The minimum absolute atomic E-state index is 0.285. The maximum atomic E-state index is 5.56. The predicted octanol–water partition coefficient (Wildman–Crippen LogP) is 0.881. The first-order valence-corrected chi connectivity index (χ1v) is 4.21. The number of amidine groups is 1. The first-order valence-electron chi connectivity index (χ1n) is 4.21. The van der Waals surface area contributed by atoms with E-state index in [0.717, 1.165) is 31.6 Å². The Morgan fingerprint density at radius 2 is 2.18 bits per heavy atom. The molecule has 0 spiro atoms. The largest absolute Gasteiger partial charge is 0.387 e.